The van der Waals surface area contributed by atoms with Gasteiger partial charge in [0.25, 0.3) is 0 Å². The van der Waals surface area contributed by atoms with Gasteiger partial charge in [0.15, 0.2) is 0 Å². The molecule has 1 saturated carbocycles. The Morgan fingerprint density at radius 2 is 2.17 bits per heavy atom. The number of hydrogen-bond donors (Lipinski definition) is 2. The summed E-state index contributed by atoms with van der Waals surface area (Å²) in [6.45, 7) is 0. The van der Waals surface area contributed by atoms with Crippen LogP contribution in [0.2, 0.25) is 5.02 Å². The van der Waals surface area contributed by atoms with Crippen molar-refractivity contribution in [1.82, 2.24) is 5.32 Å². The Hall–Kier alpha value is -0.910. The minimum Gasteiger partial charge on any atom is -0.325 e. The van der Waals surface area contributed by atoms with Gasteiger partial charge in [0.05, 0.1) is 6.04 Å². The van der Waals surface area contributed by atoms with Crippen LogP contribution >= 0.6 is 11.6 Å². The van der Waals surface area contributed by atoms with Crippen LogP contribution < -0.4 is 10.6 Å². The van der Waals surface area contributed by atoms with E-state index in [-0.39, 0.29) is 11.9 Å². The molecule has 6 heteroatoms. The van der Waals surface area contributed by atoms with Crippen molar-refractivity contribution < 1.29 is 9.00 Å². The summed E-state index contributed by atoms with van der Waals surface area (Å²) in [5.74, 6) is 1.06. The second-order valence-corrected chi connectivity index (χ2v) is 8.46. The standard InChI is InChI=1S/C17H23ClN2O2S/c1-23(22)10-12-8-13(6-7-14(12)18)19-17(21)16-9-11-4-2-3-5-15(11)20-16/h6-8,11,15-16,20H,2-5,9-10H2,1H3,(H,19,21). The lowest BCUT2D eigenvalue weighted by atomic mass is 9.85. The minimum absolute atomic E-state index is 0.0188. The summed E-state index contributed by atoms with van der Waals surface area (Å²) in [7, 11) is -0.964. The maximum atomic E-state index is 12.5. The Balaban J connectivity index is 1.65. The molecule has 4 unspecified atom stereocenters. The summed E-state index contributed by atoms with van der Waals surface area (Å²) < 4.78 is 11.4. The van der Waals surface area contributed by atoms with Crippen molar-refractivity contribution in [2.45, 2.75) is 49.9 Å². The number of rotatable bonds is 4. The van der Waals surface area contributed by atoms with Crippen molar-refractivity contribution >= 4 is 34.0 Å². The molecule has 2 aliphatic rings. The summed E-state index contributed by atoms with van der Waals surface area (Å²) >= 11 is 6.13. The molecule has 1 heterocycles. The summed E-state index contributed by atoms with van der Waals surface area (Å²) in [6.07, 6.45) is 7.53. The van der Waals surface area contributed by atoms with Crippen LogP contribution in [0.25, 0.3) is 0 Å². The molecule has 1 saturated heterocycles. The van der Waals surface area contributed by atoms with Crippen molar-refractivity contribution in [3.8, 4) is 0 Å². The Bertz CT molecular complexity index is 609. The topological polar surface area (TPSA) is 58.2 Å². The number of hydrogen-bond acceptors (Lipinski definition) is 3. The minimum atomic E-state index is -0.964. The third kappa shape index (κ3) is 4.14. The van der Waals surface area contributed by atoms with E-state index in [9.17, 15) is 9.00 Å². The first-order valence-corrected chi connectivity index (χ1v) is 10.3. The number of anilines is 1. The maximum Gasteiger partial charge on any atom is 0.241 e. The van der Waals surface area contributed by atoms with E-state index in [2.05, 4.69) is 10.6 Å². The molecule has 0 spiro atoms. The van der Waals surface area contributed by atoms with Crippen LogP contribution in [0.1, 0.15) is 37.7 Å². The Morgan fingerprint density at radius 1 is 1.39 bits per heavy atom. The fourth-order valence-electron chi connectivity index (χ4n) is 3.73. The van der Waals surface area contributed by atoms with Gasteiger partial charge in [-0.1, -0.05) is 24.4 Å². The van der Waals surface area contributed by atoms with Crippen LogP contribution in [-0.2, 0) is 21.3 Å². The van der Waals surface area contributed by atoms with Gasteiger partial charge in [-0.3, -0.25) is 9.00 Å². The van der Waals surface area contributed by atoms with Crippen LogP contribution in [0.4, 0.5) is 5.69 Å². The number of amides is 1. The highest BCUT2D eigenvalue weighted by atomic mass is 35.5. The first-order chi connectivity index (χ1) is 11.0. The van der Waals surface area contributed by atoms with Gasteiger partial charge in [0.1, 0.15) is 0 Å². The fraction of sp³-hybridized carbons (Fsp3) is 0.588. The van der Waals surface area contributed by atoms with Gasteiger partial charge in [0, 0.05) is 39.6 Å². The van der Waals surface area contributed by atoms with E-state index in [1.807, 2.05) is 6.07 Å². The van der Waals surface area contributed by atoms with E-state index in [0.717, 1.165) is 17.7 Å². The lowest BCUT2D eigenvalue weighted by molar-refractivity contribution is -0.117. The molecule has 2 fully saturated rings. The average molecular weight is 355 g/mol. The fourth-order valence-corrected chi connectivity index (χ4v) is 4.67. The number of fused-ring (bicyclic) bond motifs is 1. The molecule has 0 radical (unpaired) electrons. The number of nitrogens with one attached hydrogen (secondary N) is 2. The second kappa shape index (κ2) is 7.32. The van der Waals surface area contributed by atoms with E-state index in [1.165, 1.54) is 25.7 Å². The highest BCUT2D eigenvalue weighted by Gasteiger charge is 2.38. The average Bonchev–Trinajstić information content (AvgIpc) is 2.94. The molecular formula is C17H23ClN2O2S. The van der Waals surface area contributed by atoms with Crippen molar-refractivity contribution in [3.63, 3.8) is 0 Å². The van der Waals surface area contributed by atoms with Crippen LogP contribution in [0.15, 0.2) is 18.2 Å². The van der Waals surface area contributed by atoms with E-state index in [4.69, 9.17) is 11.6 Å². The highest BCUT2D eigenvalue weighted by molar-refractivity contribution is 7.83. The van der Waals surface area contributed by atoms with Crippen LogP contribution in [-0.4, -0.2) is 28.5 Å². The van der Waals surface area contributed by atoms with Crippen LogP contribution in [0.5, 0.6) is 0 Å². The molecular weight excluding hydrogens is 332 g/mol. The number of benzene rings is 1. The largest absolute Gasteiger partial charge is 0.325 e. The SMILES string of the molecule is CS(=O)Cc1cc(NC(=O)C2CC3CCCCC3N2)ccc1Cl. The molecule has 4 atom stereocenters. The van der Waals surface area contributed by atoms with Gasteiger partial charge < -0.3 is 10.6 Å². The third-order valence-electron chi connectivity index (χ3n) is 4.85. The van der Waals surface area contributed by atoms with Crippen molar-refractivity contribution in [2.75, 3.05) is 11.6 Å². The quantitative estimate of drug-likeness (QED) is 0.873. The Morgan fingerprint density at radius 3 is 2.91 bits per heavy atom. The predicted molar refractivity (Wildman–Crippen MR) is 95.1 cm³/mol. The first kappa shape index (κ1) is 16.9. The van der Waals surface area contributed by atoms with E-state index in [1.54, 1.807) is 18.4 Å². The lowest BCUT2D eigenvalue weighted by Crippen LogP contribution is -2.39. The van der Waals surface area contributed by atoms with Crippen molar-refractivity contribution in [2.24, 2.45) is 5.92 Å². The van der Waals surface area contributed by atoms with Crippen LogP contribution in [0.3, 0.4) is 0 Å². The van der Waals surface area contributed by atoms with Gasteiger partial charge in [0.2, 0.25) is 5.91 Å². The molecule has 1 aromatic rings. The first-order valence-electron chi connectivity index (χ1n) is 8.18. The normalized spacial score (nSPS) is 28.2. The molecule has 1 aromatic carbocycles. The van der Waals surface area contributed by atoms with E-state index < -0.39 is 10.8 Å². The Labute approximate surface area is 144 Å². The molecule has 1 amide bonds. The zero-order valence-electron chi connectivity index (χ0n) is 13.3. The third-order valence-corrected chi connectivity index (χ3v) is 5.94. The van der Waals surface area contributed by atoms with Crippen molar-refractivity contribution in [1.29, 1.82) is 0 Å². The zero-order valence-corrected chi connectivity index (χ0v) is 14.9. The lowest BCUT2D eigenvalue weighted by Gasteiger charge is -2.24. The van der Waals surface area contributed by atoms with Gasteiger partial charge >= 0.3 is 0 Å². The predicted octanol–water partition coefficient (Wildman–Crippen LogP) is 3.08. The molecule has 23 heavy (non-hydrogen) atoms. The molecule has 4 nitrogen and oxygen atoms in total. The van der Waals surface area contributed by atoms with Gasteiger partial charge in [-0.05, 0) is 48.9 Å². The number of carbonyl (C=O) groups is 1. The van der Waals surface area contributed by atoms with Gasteiger partial charge in [-0.2, -0.15) is 0 Å². The van der Waals surface area contributed by atoms with E-state index >= 15 is 0 Å². The molecule has 3 rings (SSSR count). The molecule has 2 N–H and O–H groups in total. The smallest absolute Gasteiger partial charge is 0.241 e. The van der Waals surface area contributed by atoms with Gasteiger partial charge in [-0.15, -0.1) is 0 Å². The molecule has 0 bridgehead atoms. The maximum absolute atomic E-state index is 12.5. The molecule has 1 aliphatic heterocycles. The molecule has 126 valence electrons. The summed E-state index contributed by atoms with van der Waals surface area (Å²) in [5, 5.41) is 7.05. The summed E-state index contributed by atoms with van der Waals surface area (Å²) in [6, 6.07) is 5.76. The molecule has 0 aromatic heterocycles. The second-order valence-electron chi connectivity index (χ2n) is 6.62. The van der Waals surface area contributed by atoms with Crippen LogP contribution in [0, 0.1) is 5.92 Å². The molecule has 1 aliphatic carbocycles. The number of halogens is 1. The number of carbonyl (C=O) groups excluding carboxylic acids is 1. The van der Waals surface area contributed by atoms with Crippen molar-refractivity contribution in [3.05, 3.63) is 28.8 Å². The summed E-state index contributed by atoms with van der Waals surface area (Å²) in [4.78, 5) is 12.5. The van der Waals surface area contributed by atoms with E-state index in [0.29, 0.717) is 22.7 Å². The Kier molecular flexibility index (Phi) is 5.39. The van der Waals surface area contributed by atoms with Gasteiger partial charge in [-0.25, -0.2) is 0 Å². The highest BCUT2D eigenvalue weighted by Crippen LogP contribution is 2.33. The summed E-state index contributed by atoms with van der Waals surface area (Å²) in [5.41, 5.74) is 1.52. The monoisotopic (exact) mass is 354 g/mol. The zero-order chi connectivity index (χ0) is 16.4.